The molecule has 2 aliphatic rings. The monoisotopic (exact) mass is 459 g/mol. The van der Waals surface area contributed by atoms with Gasteiger partial charge in [0.1, 0.15) is 17.2 Å². The summed E-state index contributed by atoms with van der Waals surface area (Å²) >= 11 is 0. The Morgan fingerprint density at radius 1 is 1.03 bits per heavy atom. The molecule has 0 amide bonds. The first-order valence-electron chi connectivity index (χ1n) is 11.4. The van der Waals surface area contributed by atoms with Crippen LogP contribution >= 0.6 is 0 Å². The van der Waals surface area contributed by atoms with Crippen LogP contribution in [0.1, 0.15) is 51.2 Å². The maximum atomic E-state index is 14.5. The molecule has 0 N–H and O–H groups in total. The van der Waals surface area contributed by atoms with E-state index in [4.69, 9.17) is 4.74 Å². The number of aryl methyl sites for hydroxylation is 1. The Balaban J connectivity index is 1.47. The summed E-state index contributed by atoms with van der Waals surface area (Å²) in [5.74, 6) is 0.174. The third-order valence-electron chi connectivity index (χ3n) is 6.51. The molecule has 0 saturated carbocycles. The Bertz CT molecular complexity index is 1100. The molecule has 1 fully saturated rings. The summed E-state index contributed by atoms with van der Waals surface area (Å²) in [6.45, 7) is 10.1. The molecule has 1 saturated heterocycles. The first-order valence-corrected chi connectivity index (χ1v) is 13.5. The minimum atomic E-state index is -3.28. The standard InChI is InChI=1S/C26H34FNO3S/c1-25(2,3)18-28-13-11-26(12-14-28)10-9-21-15-19(7-8-24(21)31-26)20-5-6-22(23(27)16-20)17-32(4,29)30/h5-8,15-16H,9-14,17-18H2,1-4H3. The highest BCUT2D eigenvalue weighted by Crippen LogP contribution is 2.41. The van der Waals surface area contributed by atoms with Crippen LogP contribution in [0, 0.1) is 11.2 Å². The van der Waals surface area contributed by atoms with Gasteiger partial charge in [0.2, 0.25) is 0 Å². The summed E-state index contributed by atoms with van der Waals surface area (Å²) in [5.41, 5.74) is 3.28. The molecule has 2 aliphatic heterocycles. The minimum Gasteiger partial charge on any atom is -0.487 e. The van der Waals surface area contributed by atoms with Crippen molar-refractivity contribution in [1.29, 1.82) is 0 Å². The molecule has 2 heterocycles. The predicted octanol–water partition coefficient (Wildman–Crippen LogP) is 5.24. The highest BCUT2D eigenvalue weighted by atomic mass is 32.2. The molecule has 0 aromatic heterocycles. The quantitative estimate of drug-likeness (QED) is 0.627. The fourth-order valence-electron chi connectivity index (χ4n) is 4.97. The van der Waals surface area contributed by atoms with Gasteiger partial charge in [-0.1, -0.05) is 39.0 Å². The van der Waals surface area contributed by atoms with Crippen molar-refractivity contribution in [3.8, 4) is 16.9 Å². The molecule has 0 unspecified atom stereocenters. The molecule has 2 aromatic rings. The normalized spacial score (nSPS) is 18.9. The third-order valence-corrected chi connectivity index (χ3v) is 7.34. The van der Waals surface area contributed by atoms with Crippen molar-refractivity contribution < 1.29 is 17.5 Å². The van der Waals surface area contributed by atoms with E-state index in [1.807, 2.05) is 12.1 Å². The zero-order valence-corrected chi connectivity index (χ0v) is 20.4. The molecular formula is C26H34FNO3S. The number of rotatable bonds is 4. The molecule has 0 aliphatic carbocycles. The lowest BCUT2D eigenvalue weighted by Gasteiger charge is -2.45. The van der Waals surface area contributed by atoms with Crippen LogP contribution in [-0.4, -0.2) is 44.8 Å². The van der Waals surface area contributed by atoms with Gasteiger partial charge in [0.05, 0.1) is 5.75 Å². The number of fused-ring (bicyclic) bond motifs is 1. The number of ether oxygens (including phenoxy) is 1. The van der Waals surface area contributed by atoms with Crippen LogP contribution < -0.4 is 4.74 Å². The number of hydrogen-bond donors (Lipinski definition) is 0. The fourth-order valence-corrected chi connectivity index (χ4v) is 5.77. The van der Waals surface area contributed by atoms with Gasteiger partial charge in [-0.05, 0) is 66.0 Å². The van der Waals surface area contributed by atoms with Crippen molar-refractivity contribution in [2.45, 2.75) is 57.8 Å². The molecule has 174 valence electrons. The lowest BCUT2D eigenvalue weighted by molar-refractivity contribution is -0.0206. The fraction of sp³-hybridized carbons (Fsp3) is 0.538. The summed E-state index contributed by atoms with van der Waals surface area (Å²) < 4.78 is 44.0. The van der Waals surface area contributed by atoms with Gasteiger partial charge < -0.3 is 9.64 Å². The number of hydrogen-bond acceptors (Lipinski definition) is 4. The van der Waals surface area contributed by atoms with Crippen molar-refractivity contribution in [2.24, 2.45) is 5.41 Å². The SMILES string of the molecule is CC(C)(C)CN1CCC2(CCc3cc(-c4ccc(CS(C)(=O)=O)c(F)c4)ccc3O2)CC1. The number of likely N-dealkylation sites (tertiary alicyclic amines) is 1. The number of halogens is 1. The lowest BCUT2D eigenvalue weighted by Crippen LogP contribution is -2.51. The topological polar surface area (TPSA) is 46.6 Å². The van der Waals surface area contributed by atoms with Gasteiger partial charge in [-0.3, -0.25) is 0 Å². The molecule has 0 radical (unpaired) electrons. The van der Waals surface area contributed by atoms with Crippen molar-refractivity contribution in [1.82, 2.24) is 4.90 Å². The largest absolute Gasteiger partial charge is 0.487 e. The summed E-state index contributed by atoms with van der Waals surface area (Å²) in [6.07, 6.45) is 5.19. The molecule has 4 nitrogen and oxygen atoms in total. The molecule has 32 heavy (non-hydrogen) atoms. The number of nitrogens with zero attached hydrogens (tertiary/aromatic N) is 1. The van der Waals surface area contributed by atoms with E-state index in [0.717, 1.165) is 74.0 Å². The van der Waals surface area contributed by atoms with Crippen LogP contribution in [0.25, 0.3) is 11.1 Å². The van der Waals surface area contributed by atoms with Crippen LogP contribution in [0.5, 0.6) is 5.75 Å². The van der Waals surface area contributed by atoms with Crippen LogP contribution in [0.4, 0.5) is 4.39 Å². The van der Waals surface area contributed by atoms with Crippen molar-refractivity contribution in [2.75, 3.05) is 25.9 Å². The molecular weight excluding hydrogens is 425 g/mol. The molecule has 6 heteroatoms. The van der Waals surface area contributed by atoms with Gasteiger partial charge in [-0.2, -0.15) is 0 Å². The van der Waals surface area contributed by atoms with Crippen LogP contribution in [0.15, 0.2) is 36.4 Å². The predicted molar refractivity (Wildman–Crippen MR) is 127 cm³/mol. The molecule has 4 rings (SSSR count). The maximum absolute atomic E-state index is 14.5. The van der Waals surface area contributed by atoms with Gasteiger partial charge in [0.25, 0.3) is 0 Å². The number of piperidine rings is 1. The molecule has 2 aromatic carbocycles. The van der Waals surface area contributed by atoms with E-state index in [0.29, 0.717) is 5.41 Å². The van der Waals surface area contributed by atoms with Crippen molar-refractivity contribution >= 4 is 9.84 Å². The second-order valence-corrected chi connectivity index (χ2v) is 13.0. The first-order chi connectivity index (χ1) is 14.9. The Kier molecular flexibility index (Phi) is 6.14. The molecule has 0 bridgehead atoms. The Morgan fingerprint density at radius 3 is 2.31 bits per heavy atom. The number of sulfone groups is 1. The Labute approximate surface area is 191 Å². The highest BCUT2D eigenvalue weighted by molar-refractivity contribution is 7.89. The van der Waals surface area contributed by atoms with Crippen LogP contribution in [0.3, 0.4) is 0 Å². The van der Waals surface area contributed by atoms with Crippen LogP contribution in [0.2, 0.25) is 0 Å². The number of benzene rings is 2. The first kappa shape index (κ1) is 23.2. The Hall–Kier alpha value is -1.92. The molecule has 0 atom stereocenters. The molecule has 1 spiro atoms. The smallest absolute Gasteiger partial charge is 0.151 e. The van der Waals surface area contributed by atoms with Gasteiger partial charge >= 0.3 is 0 Å². The second kappa shape index (κ2) is 8.45. The van der Waals surface area contributed by atoms with Gasteiger partial charge in [0, 0.05) is 31.5 Å². The van der Waals surface area contributed by atoms with Gasteiger partial charge in [-0.25, -0.2) is 12.8 Å². The van der Waals surface area contributed by atoms with Crippen molar-refractivity contribution in [3.63, 3.8) is 0 Å². The Morgan fingerprint density at radius 2 is 1.69 bits per heavy atom. The van der Waals surface area contributed by atoms with Gasteiger partial charge in [0.15, 0.2) is 9.84 Å². The summed E-state index contributed by atoms with van der Waals surface area (Å²) in [4.78, 5) is 2.55. The summed E-state index contributed by atoms with van der Waals surface area (Å²) in [5, 5.41) is 0. The van der Waals surface area contributed by atoms with E-state index in [1.54, 1.807) is 12.1 Å². The average molecular weight is 460 g/mol. The summed E-state index contributed by atoms with van der Waals surface area (Å²) in [6, 6.07) is 10.9. The van der Waals surface area contributed by atoms with E-state index in [2.05, 4.69) is 31.7 Å². The zero-order chi connectivity index (χ0) is 23.1. The summed E-state index contributed by atoms with van der Waals surface area (Å²) in [7, 11) is -3.28. The van der Waals surface area contributed by atoms with E-state index in [1.165, 1.54) is 6.07 Å². The second-order valence-electron chi connectivity index (χ2n) is 10.8. The third kappa shape index (κ3) is 5.52. The minimum absolute atomic E-state index is 0.0672. The van der Waals surface area contributed by atoms with Crippen LogP contribution in [-0.2, 0) is 22.0 Å². The zero-order valence-electron chi connectivity index (χ0n) is 19.6. The van der Waals surface area contributed by atoms with E-state index in [-0.39, 0.29) is 16.9 Å². The maximum Gasteiger partial charge on any atom is 0.151 e. The van der Waals surface area contributed by atoms with Gasteiger partial charge in [-0.15, -0.1) is 0 Å². The van der Waals surface area contributed by atoms with E-state index in [9.17, 15) is 12.8 Å². The van der Waals surface area contributed by atoms with Crippen molar-refractivity contribution in [3.05, 3.63) is 53.3 Å². The van der Waals surface area contributed by atoms with E-state index >= 15 is 0 Å². The lowest BCUT2D eigenvalue weighted by atomic mass is 9.82. The average Bonchev–Trinajstić information content (AvgIpc) is 2.69. The highest BCUT2D eigenvalue weighted by Gasteiger charge is 2.40. The van der Waals surface area contributed by atoms with E-state index < -0.39 is 15.7 Å².